The second-order valence-electron chi connectivity index (χ2n) is 3.91. The Morgan fingerprint density at radius 1 is 1.25 bits per heavy atom. The SMILES string of the molecule is Cc1ccc(C)c(CNCCOCCCl)c1. The van der Waals surface area contributed by atoms with Crippen molar-refractivity contribution in [3.63, 3.8) is 0 Å². The summed E-state index contributed by atoms with van der Waals surface area (Å²) in [6, 6.07) is 6.53. The van der Waals surface area contributed by atoms with Crippen LogP contribution in [0.15, 0.2) is 18.2 Å². The van der Waals surface area contributed by atoms with Gasteiger partial charge in [0, 0.05) is 19.0 Å². The molecular formula is C13H20ClNO. The lowest BCUT2D eigenvalue weighted by atomic mass is 10.1. The molecule has 1 N–H and O–H groups in total. The molecule has 0 unspecified atom stereocenters. The predicted molar refractivity (Wildman–Crippen MR) is 69.2 cm³/mol. The fourth-order valence-electron chi connectivity index (χ4n) is 1.51. The maximum atomic E-state index is 5.50. The van der Waals surface area contributed by atoms with Crippen molar-refractivity contribution in [3.05, 3.63) is 34.9 Å². The molecule has 0 aliphatic carbocycles. The number of ether oxygens (including phenoxy) is 1. The van der Waals surface area contributed by atoms with E-state index in [1.54, 1.807) is 0 Å². The van der Waals surface area contributed by atoms with Gasteiger partial charge in [0.15, 0.2) is 0 Å². The zero-order valence-corrected chi connectivity index (χ0v) is 10.8. The van der Waals surface area contributed by atoms with E-state index in [1.165, 1.54) is 16.7 Å². The normalized spacial score (nSPS) is 10.7. The van der Waals surface area contributed by atoms with Gasteiger partial charge in [0.2, 0.25) is 0 Å². The largest absolute Gasteiger partial charge is 0.379 e. The van der Waals surface area contributed by atoms with Crippen molar-refractivity contribution in [1.82, 2.24) is 5.32 Å². The van der Waals surface area contributed by atoms with E-state index in [9.17, 15) is 0 Å². The molecule has 0 amide bonds. The van der Waals surface area contributed by atoms with Crippen LogP contribution in [-0.2, 0) is 11.3 Å². The number of halogens is 1. The third-order valence-corrected chi connectivity index (χ3v) is 2.62. The molecule has 1 rings (SSSR count). The fourth-order valence-corrected chi connectivity index (χ4v) is 1.62. The average Bonchev–Trinajstić information content (AvgIpc) is 2.28. The molecule has 0 bridgehead atoms. The lowest BCUT2D eigenvalue weighted by molar-refractivity contribution is 0.151. The van der Waals surface area contributed by atoms with E-state index in [-0.39, 0.29) is 0 Å². The first-order chi connectivity index (χ1) is 7.74. The highest BCUT2D eigenvalue weighted by Crippen LogP contribution is 2.09. The number of hydrogen-bond donors (Lipinski definition) is 1. The molecule has 0 fully saturated rings. The monoisotopic (exact) mass is 241 g/mol. The molecule has 1 aromatic carbocycles. The van der Waals surface area contributed by atoms with Crippen molar-refractivity contribution in [3.8, 4) is 0 Å². The van der Waals surface area contributed by atoms with Gasteiger partial charge in [-0.2, -0.15) is 0 Å². The number of aryl methyl sites for hydroxylation is 2. The Morgan fingerprint density at radius 2 is 2.06 bits per heavy atom. The Kier molecular flexibility index (Phi) is 6.46. The van der Waals surface area contributed by atoms with E-state index in [4.69, 9.17) is 16.3 Å². The molecule has 0 radical (unpaired) electrons. The molecule has 0 aromatic heterocycles. The summed E-state index contributed by atoms with van der Waals surface area (Å²) in [5.74, 6) is 0.566. The summed E-state index contributed by atoms with van der Waals surface area (Å²) in [5, 5.41) is 3.36. The first kappa shape index (κ1) is 13.5. The molecular weight excluding hydrogens is 222 g/mol. The number of rotatable bonds is 7. The van der Waals surface area contributed by atoms with E-state index in [1.807, 2.05) is 0 Å². The average molecular weight is 242 g/mol. The Balaban J connectivity index is 2.23. The molecule has 0 atom stereocenters. The molecule has 0 aliphatic rings. The quantitative estimate of drug-likeness (QED) is 0.586. The smallest absolute Gasteiger partial charge is 0.0602 e. The molecule has 0 spiro atoms. The summed E-state index contributed by atoms with van der Waals surface area (Å²) < 4.78 is 5.28. The highest BCUT2D eigenvalue weighted by molar-refractivity contribution is 6.17. The van der Waals surface area contributed by atoms with Crippen LogP contribution < -0.4 is 5.32 Å². The molecule has 3 heteroatoms. The number of benzene rings is 1. The lowest BCUT2D eigenvalue weighted by Gasteiger charge is -2.09. The van der Waals surface area contributed by atoms with Crippen LogP contribution in [0.5, 0.6) is 0 Å². The molecule has 90 valence electrons. The zero-order valence-electron chi connectivity index (χ0n) is 10.1. The van der Waals surface area contributed by atoms with Gasteiger partial charge in [0.1, 0.15) is 0 Å². The van der Waals surface area contributed by atoms with Crippen molar-refractivity contribution in [2.24, 2.45) is 0 Å². The summed E-state index contributed by atoms with van der Waals surface area (Å²) in [5.41, 5.74) is 4.00. The van der Waals surface area contributed by atoms with E-state index in [2.05, 4.69) is 37.4 Å². The predicted octanol–water partition coefficient (Wildman–Crippen LogP) is 2.65. The van der Waals surface area contributed by atoms with Gasteiger partial charge < -0.3 is 10.1 Å². The van der Waals surface area contributed by atoms with Crippen LogP contribution in [0, 0.1) is 13.8 Å². The number of nitrogens with one attached hydrogen (secondary N) is 1. The molecule has 0 heterocycles. The van der Waals surface area contributed by atoms with Crippen LogP contribution in [0.1, 0.15) is 16.7 Å². The molecule has 0 saturated heterocycles. The highest BCUT2D eigenvalue weighted by Gasteiger charge is 1.97. The van der Waals surface area contributed by atoms with Crippen LogP contribution >= 0.6 is 11.6 Å². The van der Waals surface area contributed by atoms with Gasteiger partial charge >= 0.3 is 0 Å². The lowest BCUT2D eigenvalue weighted by Crippen LogP contribution is -2.20. The first-order valence-electron chi connectivity index (χ1n) is 5.64. The molecule has 0 aliphatic heterocycles. The second kappa shape index (κ2) is 7.66. The summed E-state index contributed by atoms with van der Waals surface area (Å²) in [7, 11) is 0. The van der Waals surface area contributed by atoms with Crippen molar-refractivity contribution < 1.29 is 4.74 Å². The third-order valence-electron chi connectivity index (χ3n) is 2.46. The minimum absolute atomic E-state index is 0.566. The van der Waals surface area contributed by atoms with E-state index < -0.39 is 0 Å². The van der Waals surface area contributed by atoms with Gasteiger partial charge in [-0.1, -0.05) is 23.8 Å². The second-order valence-corrected chi connectivity index (χ2v) is 4.29. The summed E-state index contributed by atoms with van der Waals surface area (Å²) in [6.07, 6.45) is 0. The van der Waals surface area contributed by atoms with Crippen LogP contribution in [0.4, 0.5) is 0 Å². The minimum Gasteiger partial charge on any atom is -0.379 e. The molecule has 0 saturated carbocycles. The van der Waals surface area contributed by atoms with Gasteiger partial charge in [0.25, 0.3) is 0 Å². The van der Waals surface area contributed by atoms with Gasteiger partial charge in [-0.15, -0.1) is 11.6 Å². The first-order valence-corrected chi connectivity index (χ1v) is 6.18. The number of alkyl halides is 1. The van der Waals surface area contributed by atoms with Gasteiger partial charge in [0.05, 0.1) is 13.2 Å². The van der Waals surface area contributed by atoms with Crippen LogP contribution in [0.2, 0.25) is 0 Å². The number of hydrogen-bond acceptors (Lipinski definition) is 2. The van der Waals surface area contributed by atoms with E-state index >= 15 is 0 Å². The Bertz CT molecular complexity index is 315. The Labute approximate surface area is 103 Å². The minimum atomic E-state index is 0.566. The Morgan fingerprint density at radius 3 is 2.81 bits per heavy atom. The topological polar surface area (TPSA) is 21.3 Å². The van der Waals surface area contributed by atoms with Crippen molar-refractivity contribution in [1.29, 1.82) is 0 Å². The fraction of sp³-hybridized carbons (Fsp3) is 0.538. The Hall–Kier alpha value is -0.570. The molecule has 1 aromatic rings. The van der Waals surface area contributed by atoms with Crippen LogP contribution in [0.25, 0.3) is 0 Å². The highest BCUT2D eigenvalue weighted by atomic mass is 35.5. The van der Waals surface area contributed by atoms with Gasteiger partial charge in [-0.05, 0) is 25.0 Å². The summed E-state index contributed by atoms with van der Waals surface area (Å²) >= 11 is 5.50. The third kappa shape index (κ3) is 4.97. The standard InChI is InChI=1S/C13H20ClNO/c1-11-3-4-12(2)13(9-11)10-15-6-8-16-7-5-14/h3-4,9,15H,5-8,10H2,1-2H3. The van der Waals surface area contributed by atoms with E-state index in [0.29, 0.717) is 12.5 Å². The van der Waals surface area contributed by atoms with Crippen LogP contribution in [0.3, 0.4) is 0 Å². The molecule has 2 nitrogen and oxygen atoms in total. The molecule has 16 heavy (non-hydrogen) atoms. The summed E-state index contributed by atoms with van der Waals surface area (Å²) in [6.45, 7) is 7.37. The van der Waals surface area contributed by atoms with Gasteiger partial charge in [-0.3, -0.25) is 0 Å². The van der Waals surface area contributed by atoms with Crippen molar-refractivity contribution in [2.75, 3.05) is 25.6 Å². The van der Waals surface area contributed by atoms with Crippen molar-refractivity contribution >= 4 is 11.6 Å². The van der Waals surface area contributed by atoms with Crippen molar-refractivity contribution in [2.45, 2.75) is 20.4 Å². The maximum absolute atomic E-state index is 5.50. The maximum Gasteiger partial charge on any atom is 0.0602 e. The zero-order chi connectivity index (χ0) is 11.8. The van der Waals surface area contributed by atoms with E-state index in [0.717, 1.165) is 19.7 Å². The van der Waals surface area contributed by atoms with Crippen LogP contribution in [-0.4, -0.2) is 25.6 Å². The van der Waals surface area contributed by atoms with Gasteiger partial charge in [-0.25, -0.2) is 0 Å². The summed E-state index contributed by atoms with van der Waals surface area (Å²) in [4.78, 5) is 0.